The number of nitrogens with zero attached hydrogens (tertiary/aromatic N) is 2. The Morgan fingerprint density at radius 2 is 1.97 bits per heavy atom. The van der Waals surface area contributed by atoms with Crippen LogP contribution in [0.1, 0.15) is 11.1 Å². The van der Waals surface area contributed by atoms with Crippen LogP contribution in [0, 0.1) is 19.7 Å². The first-order chi connectivity index (χ1) is 13.9. The Morgan fingerprint density at radius 1 is 1.14 bits per heavy atom. The lowest BCUT2D eigenvalue weighted by molar-refractivity contribution is 0.262. The van der Waals surface area contributed by atoms with E-state index in [9.17, 15) is 9.18 Å². The van der Waals surface area contributed by atoms with E-state index in [2.05, 4.69) is 25.8 Å². The van der Waals surface area contributed by atoms with Gasteiger partial charge in [-0.1, -0.05) is 18.2 Å². The number of carbonyl (C=O) groups is 1. The number of nitrogen functional groups attached to an aromatic ring is 1. The van der Waals surface area contributed by atoms with Crippen LogP contribution >= 0.6 is 0 Å². The molecule has 2 amide bonds. The molecule has 4 rings (SSSR count). The third-order valence-corrected chi connectivity index (χ3v) is 4.56. The number of aromatic amines is 1. The molecule has 4 aromatic rings. The Kier molecular flexibility index (Phi) is 4.59. The highest BCUT2D eigenvalue weighted by molar-refractivity contribution is 6.02. The van der Waals surface area contributed by atoms with Crippen molar-refractivity contribution in [2.24, 2.45) is 0 Å². The van der Waals surface area contributed by atoms with E-state index in [0.717, 1.165) is 22.0 Å². The lowest BCUT2D eigenvalue weighted by Crippen LogP contribution is -2.20. The van der Waals surface area contributed by atoms with E-state index in [0.29, 0.717) is 22.8 Å². The average Bonchev–Trinajstić information content (AvgIpc) is 3.07. The van der Waals surface area contributed by atoms with Crippen LogP contribution in [0.2, 0.25) is 0 Å². The lowest BCUT2D eigenvalue weighted by Gasteiger charge is -2.11. The van der Waals surface area contributed by atoms with E-state index < -0.39 is 11.8 Å². The van der Waals surface area contributed by atoms with Crippen LogP contribution in [0.25, 0.3) is 22.2 Å². The molecule has 0 atom stereocenters. The number of benzene rings is 2. The standard InChI is InChI=1S/C21H19FN6O/c1-11-8-12(2)19(22)17(9-11)26-21(29)25-13-6-7-15(24-10-13)14-4-3-5-16-18(14)20(23)28-27-16/h3-10H,1-2H3,(H3,23,27,28)(H2,25,26,29). The van der Waals surface area contributed by atoms with Gasteiger partial charge in [-0.15, -0.1) is 0 Å². The fraction of sp³-hybridized carbons (Fsp3) is 0.0952. The normalized spacial score (nSPS) is 10.9. The van der Waals surface area contributed by atoms with Gasteiger partial charge in [0, 0.05) is 5.56 Å². The molecule has 0 aliphatic rings. The SMILES string of the molecule is Cc1cc(C)c(F)c(NC(=O)Nc2ccc(-c3cccc4[nH]nc(N)c34)nc2)c1. The number of nitrogens with one attached hydrogen (secondary N) is 3. The number of H-pyrrole nitrogens is 1. The highest BCUT2D eigenvalue weighted by Crippen LogP contribution is 2.30. The minimum absolute atomic E-state index is 0.131. The zero-order valence-electron chi connectivity index (χ0n) is 15.9. The van der Waals surface area contributed by atoms with E-state index in [4.69, 9.17) is 5.73 Å². The second kappa shape index (κ2) is 7.23. The van der Waals surface area contributed by atoms with Crippen LogP contribution < -0.4 is 16.4 Å². The minimum atomic E-state index is -0.551. The van der Waals surface area contributed by atoms with Crippen molar-refractivity contribution >= 4 is 34.1 Å². The molecule has 146 valence electrons. The fourth-order valence-electron chi connectivity index (χ4n) is 3.26. The number of hydrogen-bond acceptors (Lipinski definition) is 4. The molecule has 2 aromatic carbocycles. The van der Waals surface area contributed by atoms with E-state index in [1.54, 1.807) is 31.2 Å². The molecule has 29 heavy (non-hydrogen) atoms. The van der Waals surface area contributed by atoms with Crippen molar-refractivity contribution in [2.45, 2.75) is 13.8 Å². The number of aromatic nitrogens is 3. The smallest absolute Gasteiger partial charge is 0.323 e. The van der Waals surface area contributed by atoms with Gasteiger partial charge in [0.2, 0.25) is 0 Å². The first-order valence-corrected chi connectivity index (χ1v) is 8.96. The highest BCUT2D eigenvalue weighted by atomic mass is 19.1. The molecule has 8 heteroatoms. The number of hydrogen-bond donors (Lipinski definition) is 4. The Balaban J connectivity index is 1.53. The maximum absolute atomic E-state index is 14.2. The Hall–Kier alpha value is -3.94. The number of nitrogens with two attached hydrogens (primary N) is 1. The van der Waals surface area contributed by atoms with Gasteiger partial charge < -0.3 is 16.4 Å². The number of urea groups is 1. The monoisotopic (exact) mass is 390 g/mol. The number of pyridine rings is 1. The zero-order chi connectivity index (χ0) is 20.5. The average molecular weight is 390 g/mol. The first kappa shape index (κ1) is 18.4. The van der Waals surface area contributed by atoms with Crippen LogP contribution in [-0.2, 0) is 0 Å². The van der Waals surface area contributed by atoms with Gasteiger partial charge in [-0.25, -0.2) is 9.18 Å². The lowest BCUT2D eigenvalue weighted by atomic mass is 10.1. The number of amides is 2. The van der Waals surface area contributed by atoms with Crippen molar-refractivity contribution in [3.63, 3.8) is 0 Å². The predicted octanol–water partition coefficient (Wildman–Crippen LogP) is 4.61. The predicted molar refractivity (Wildman–Crippen MR) is 112 cm³/mol. The molecule has 0 fully saturated rings. The summed E-state index contributed by atoms with van der Waals surface area (Å²) in [4.78, 5) is 16.7. The van der Waals surface area contributed by atoms with Crippen LogP contribution in [0.3, 0.4) is 0 Å². The summed E-state index contributed by atoms with van der Waals surface area (Å²) >= 11 is 0. The molecule has 5 N–H and O–H groups in total. The van der Waals surface area contributed by atoms with Crippen molar-refractivity contribution in [2.75, 3.05) is 16.4 Å². The van der Waals surface area contributed by atoms with Crippen molar-refractivity contribution in [3.05, 3.63) is 65.6 Å². The topological polar surface area (TPSA) is 109 Å². The van der Waals surface area contributed by atoms with Gasteiger partial charge in [0.05, 0.1) is 34.2 Å². The summed E-state index contributed by atoms with van der Waals surface area (Å²) in [6.07, 6.45) is 1.53. The van der Waals surface area contributed by atoms with Crippen LogP contribution in [0.5, 0.6) is 0 Å². The molecular weight excluding hydrogens is 371 g/mol. The maximum Gasteiger partial charge on any atom is 0.323 e. The third-order valence-electron chi connectivity index (χ3n) is 4.56. The summed E-state index contributed by atoms with van der Waals surface area (Å²) in [5, 5.41) is 12.9. The Bertz CT molecular complexity index is 1220. The minimum Gasteiger partial charge on any atom is -0.382 e. The quantitative estimate of drug-likeness (QED) is 0.410. The van der Waals surface area contributed by atoms with Gasteiger partial charge in [-0.2, -0.15) is 5.10 Å². The third kappa shape index (κ3) is 3.60. The second-order valence-electron chi connectivity index (χ2n) is 6.79. The Labute approximate surface area is 166 Å². The maximum atomic E-state index is 14.2. The number of anilines is 3. The van der Waals surface area contributed by atoms with Gasteiger partial charge in [0.15, 0.2) is 5.82 Å². The molecule has 0 spiro atoms. The van der Waals surface area contributed by atoms with Crippen molar-refractivity contribution in [1.82, 2.24) is 15.2 Å². The number of aryl methyl sites for hydroxylation is 2. The number of carbonyl (C=O) groups excluding carboxylic acids is 1. The van der Waals surface area contributed by atoms with Crippen molar-refractivity contribution < 1.29 is 9.18 Å². The van der Waals surface area contributed by atoms with Crippen LogP contribution in [-0.4, -0.2) is 21.2 Å². The summed E-state index contributed by atoms with van der Waals surface area (Å²) in [7, 11) is 0. The number of halogens is 1. The van der Waals surface area contributed by atoms with Gasteiger partial charge >= 0.3 is 6.03 Å². The highest BCUT2D eigenvalue weighted by Gasteiger charge is 2.12. The number of fused-ring (bicyclic) bond motifs is 1. The molecular formula is C21H19FN6O. The summed E-state index contributed by atoms with van der Waals surface area (Å²) in [5.74, 6) is -0.0560. The molecule has 7 nitrogen and oxygen atoms in total. The Morgan fingerprint density at radius 3 is 2.72 bits per heavy atom. The number of rotatable bonds is 3. The van der Waals surface area contributed by atoms with E-state index in [1.807, 2.05) is 25.1 Å². The largest absolute Gasteiger partial charge is 0.382 e. The molecule has 0 saturated heterocycles. The summed E-state index contributed by atoms with van der Waals surface area (Å²) in [5.41, 5.74) is 10.2. The van der Waals surface area contributed by atoms with Gasteiger partial charge in [-0.05, 0) is 49.2 Å². The van der Waals surface area contributed by atoms with Gasteiger partial charge in [0.25, 0.3) is 0 Å². The van der Waals surface area contributed by atoms with E-state index in [-0.39, 0.29) is 5.69 Å². The van der Waals surface area contributed by atoms with E-state index in [1.165, 1.54) is 6.20 Å². The molecule has 0 radical (unpaired) electrons. The van der Waals surface area contributed by atoms with Crippen molar-refractivity contribution in [3.8, 4) is 11.3 Å². The molecule has 0 bridgehead atoms. The molecule has 0 unspecified atom stereocenters. The zero-order valence-corrected chi connectivity index (χ0v) is 15.9. The van der Waals surface area contributed by atoms with E-state index >= 15 is 0 Å². The van der Waals surface area contributed by atoms with Crippen LogP contribution in [0.4, 0.5) is 26.4 Å². The summed E-state index contributed by atoms with van der Waals surface area (Å²) < 4.78 is 14.2. The summed E-state index contributed by atoms with van der Waals surface area (Å²) in [6.45, 7) is 3.49. The fourth-order valence-corrected chi connectivity index (χ4v) is 3.26. The summed E-state index contributed by atoms with van der Waals surface area (Å²) in [6, 6.07) is 11.9. The molecule has 2 heterocycles. The van der Waals surface area contributed by atoms with Gasteiger partial charge in [0.1, 0.15) is 5.82 Å². The first-order valence-electron chi connectivity index (χ1n) is 8.96. The molecule has 0 aliphatic heterocycles. The molecule has 0 saturated carbocycles. The van der Waals surface area contributed by atoms with Crippen LogP contribution in [0.15, 0.2) is 48.7 Å². The van der Waals surface area contributed by atoms with Gasteiger partial charge in [-0.3, -0.25) is 10.1 Å². The van der Waals surface area contributed by atoms with Crippen molar-refractivity contribution in [1.29, 1.82) is 0 Å². The molecule has 0 aliphatic carbocycles. The molecule has 2 aromatic heterocycles. The second-order valence-corrected chi connectivity index (χ2v) is 6.79.